The van der Waals surface area contributed by atoms with Crippen molar-refractivity contribution in [1.29, 1.82) is 0 Å². The van der Waals surface area contributed by atoms with E-state index in [1.54, 1.807) is 17.0 Å². The Hall–Kier alpha value is -2.37. The van der Waals surface area contributed by atoms with Crippen molar-refractivity contribution in [3.8, 4) is 0 Å². The highest BCUT2D eigenvalue weighted by Gasteiger charge is 2.45. The molecule has 6 nitrogen and oxygen atoms in total. The monoisotopic (exact) mass is 331 g/mol. The summed E-state index contributed by atoms with van der Waals surface area (Å²) in [7, 11) is 0. The molecule has 1 fully saturated rings. The Kier molecular flexibility index (Phi) is 5.59. The van der Waals surface area contributed by atoms with Gasteiger partial charge in [-0.25, -0.2) is 9.69 Å². The van der Waals surface area contributed by atoms with Crippen LogP contribution in [0.4, 0.5) is 4.79 Å². The van der Waals surface area contributed by atoms with Crippen LogP contribution in [-0.2, 0) is 9.59 Å². The van der Waals surface area contributed by atoms with Crippen LogP contribution >= 0.6 is 0 Å². The number of hydrogen-bond donors (Lipinski definition) is 0. The molecular formula is C18H25N3O3. The largest absolute Gasteiger partial charge is 0.341 e. The van der Waals surface area contributed by atoms with Crippen LogP contribution in [-0.4, -0.2) is 58.2 Å². The van der Waals surface area contributed by atoms with E-state index in [1.165, 1.54) is 4.90 Å². The molecule has 0 aromatic heterocycles. The smallest absolute Gasteiger partial charge is 0.328 e. The first-order valence-electron chi connectivity index (χ1n) is 8.38. The molecule has 0 saturated carbocycles. The summed E-state index contributed by atoms with van der Waals surface area (Å²) in [5.41, 5.74) is 0.654. The lowest BCUT2D eigenvalue weighted by atomic mass is 10.0. The fourth-order valence-electron chi connectivity index (χ4n) is 2.94. The van der Waals surface area contributed by atoms with Gasteiger partial charge in [0.15, 0.2) is 0 Å². The molecule has 0 aliphatic carbocycles. The number of urea groups is 1. The predicted molar refractivity (Wildman–Crippen MR) is 91.2 cm³/mol. The van der Waals surface area contributed by atoms with Crippen molar-refractivity contribution in [3.63, 3.8) is 0 Å². The quantitative estimate of drug-likeness (QED) is 0.751. The van der Waals surface area contributed by atoms with E-state index < -0.39 is 12.1 Å². The van der Waals surface area contributed by atoms with E-state index in [4.69, 9.17) is 0 Å². The number of nitrogens with zero attached hydrogens (tertiary/aromatic N) is 3. The third kappa shape index (κ3) is 3.27. The molecular weight excluding hydrogens is 306 g/mol. The van der Waals surface area contributed by atoms with Gasteiger partial charge in [-0.1, -0.05) is 30.3 Å². The highest BCUT2D eigenvalue weighted by Crippen LogP contribution is 2.29. The molecule has 1 heterocycles. The minimum absolute atomic E-state index is 0.0192. The third-order valence-electron chi connectivity index (χ3n) is 4.33. The van der Waals surface area contributed by atoms with E-state index in [2.05, 4.69) is 0 Å². The third-order valence-corrected chi connectivity index (χ3v) is 4.33. The first-order chi connectivity index (χ1) is 11.4. The number of imide groups is 1. The second kappa shape index (κ2) is 7.47. The van der Waals surface area contributed by atoms with Gasteiger partial charge in [-0.2, -0.15) is 0 Å². The second-order valence-electron chi connectivity index (χ2n) is 6.09. The fourth-order valence-corrected chi connectivity index (χ4v) is 2.94. The summed E-state index contributed by atoms with van der Waals surface area (Å²) < 4.78 is 0. The summed E-state index contributed by atoms with van der Waals surface area (Å²) >= 11 is 0. The molecule has 0 spiro atoms. The van der Waals surface area contributed by atoms with E-state index in [0.29, 0.717) is 18.7 Å². The Morgan fingerprint density at radius 3 is 2.17 bits per heavy atom. The minimum Gasteiger partial charge on any atom is -0.341 e. The maximum Gasteiger partial charge on any atom is 0.328 e. The maximum atomic E-state index is 13.0. The molecule has 1 aromatic rings. The van der Waals surface area contributed by atoms with E-state index >= 15 is 0 Å². The Morgan fingerprint density at radius 2 is 1.71 bits per heavy atom. The van der Waals surface area contributed by atoms with Crippen molar-refractivity contribution < 1.29 is 14.4 Å². The van der Waals surface area contributed by atoms with Crippen LogP contribution in [0.3, 0.4) is 0 Å². The highest BCUT2D eigenvalue weighted by molar-refractivity contribution is 6.06. The molecule has 4 amide bonds. The Morgan fingerprint density at radius 1 is 1.12 bits per heavy atom. The average molecular weight is 331 g/mol. The first kappa shape index (κ1) is 18.0. The number of likely N-dealkylation sites (N-methyl/N-ethyl adjacent to an activating group) is 1. The molecule has 1 aromatic carbocycles. The van der Waals surface area contributed by atoms with Crippen LogP contribution < -0.4 is 0 Å². The summed E-state index contributed by atoms with van der Waals surface area (Å²) in [6.07, 6.45) is 0. The summed E-state index contributed by atoms with van der Waals surface area (Å²) in [6.45, 7) is 8.57. The van der Waals surface area contributed by atoms with Gasteiger partial charge in [0.05, 0.1) is 0 Å². The van der Waals surface area contributed by atoms with Gasteiger partial charge in [-0.15, -0.1) is 0 Å². The number of carbonyl (C=O) groups is 3. The van der Waals surface area contributed by atoms with Crippen LogP contribution in [0.2, 0.25) is 0 Å². The molecule has 1 aliphatic rings. The van der Waals surface area contributed by atoms with Crippen molar-refractivity contribution in [2.24, 2.45) is 0 Å². The van der Waals surface area contributed by atoms with Crippen molar-refractivity contribution in [2.45, 2.75) is 39.8 Å². The predicted octanol–water partition coefficient (Wildman–Crippen LogP) is 2.27. The maximum absolute atomic E-state index is 13.0. The molecule has 1 atom stereocenters. The number of hydrogen-bond acceptors (Lipinski definition) is 3. The standard InChI is InChI=1S/C18H25N3O3/c1-5-19(6-2)17(23)16(14-10-8-7-9-11-14)21-15(22)12-20(13(3)4)18(21)24/h7-11,13,16H,5-6,12H2,1-4H3/t16-/m0/s1. The average Bonchev–Trinajstić information content (AvgIpc) is 2.86. The Balaban J connectivity index is 2.45. The number of benzene rings is 1. The zero-order valence-electron chi connectivity index (χ0n) is 14.7. The van der Waals surface area contributed by atoms with Crippen molar-refractivity contribution in [1.82, 2.24) is 14.7 Å². The number of carbonyl (C=O) groups excluding carboxylic acids is 3. The van der Waals surface area contributed by atoms with Crippen LogP contribution in [0.25, 0.3) is 0 Å². The van der Waals surface area contributed by atoms with E-state index in [9.17, 15) is 14.4 Å². The molecule has 2 rings (SSSR count). The summed E-state index contributed by atoms with van der Waals surface area (Å²) in [5.74, 6) is -0.554. The van der Waals surface area contributed by atoms with Gasteiger partial charge in [-0.05, 0) is 33.3 Å². The van der Waals surface area contributed by atoms with Crippen molar-refractivity contribution in [3.05, 3.63) is 35.9 Å². The van der Waals surface area contributed by atoms with E-state index in [-0.39, 0.29) is 24.4 Å². The van der Waals surface area contributed by atoms with Crippen LogP contribution in [0.1, 0.15) is 39.3 Å². The lowest BCUT2D eigenvalue weighted by Gasteiger charge is -2.31. The topological polar surface area (TPSA) is 60.9 Å². The molecule has 130 valence electrons. The van der Waals surface area contributed by atoms with Gasteiger partial charge >= 0.3 is 6.03 Å². The lowest BCUT2D eigenvalue weighted by molar-refractivity contribution is -0.141. The molecule has 6 heteroatoms. The number of amides is 4. The molecule has 24 heavy (non-hydrogen) atoms. The summed E-state index contributed by atoms with van der Waals surface area (Å²) in [6, 6.07) is 7.63. The Labute approximate surface area is 143 Å². The van der Waals surface area contributed by atoms with Crippen molar-refractivity contribution >= 4 is 17.8 Å². The van der Waals surface area contributed by atoms with Gasteiger partial charge in [0, 0.05) is 19.1 Å². The highest BCUT2D eigenvalue weighted by atomic mass is 16.2. The van der Waals surface area contributed by atoms with Gasteiger partial charge in [0.2, 0.25) is 0 Å². The van der Waals surface area contributed by atoms with Crippen molar-refractivity contribution in [2.75, 3.05) is 19.6 Å². The second-order valence-corrected chi connectivity index (χ2v) is 6.09. The first-order valence-corrected chi connectivity index (χ1v) is 8.38. The molecule has 0 N–H and O–H groups in total. The van der Waals surface area contributed by atoms with Gasteiger partial charge in [0.1, 0.15) is 12.6 Å². The normalized spacial score (nSPS) is 16.0. The molecule has 1 aliphatic heterocycles. The number of rotatable bonds is 6. The zero-order chi connectivity index (χ0) is 17.9. The van der Waals surface area contributed by atoms with E-state index in [0.717, 1.165) is 4.90 Å². The van der Waals surface area contributed by atoms with Gasteiger partial charge in [0.25, 0.3) is 11.8 Å². The summed E-state index contributed by atoms with van der Waals surface area (Å²) in [5, 5.41) is 0. The fraction of sp³-hybridized carbons (Fsp3) is 0.500. The van der Waals surface area contributed by atoms with Crippen LogP contribution in [0.15, 0.2) is 30.3 Å². The van der Waals surface area contributed by atoms with E-state index in [1.807, 2.05) is 45.9 Å². The van der Waals surface area contributed by atoms with Gasteiger partial charge < -0.3 is 9.80 Å². The summed E-state index contributed by atoms with van der Waals surface area (Å²) in [4.78, 5) is 42.5. The SMILES string of the molecule is CCN(CC)C(=O)[C@H](c1ccccc1)N1C(=O)CN(C(C)C)C1=O. The minimum atomic E-state index is -0.908. The molecule has 0 bridgehead atoms. The molecule has 0 unspecified atom stereocenters. The molecule has 1 saturated heterocycles. The zero-order valence-corrected chi connectivity index (χ0v) is 14.7. The molecule has 0 radical (unpaired) electrons. The van der Waals surface area contributed by atoms with Crippen LogP contribution in [0.5, 0.6) is 0 Å². The Bertz CT molecular complexity index is 611. The lowest BCUT2D eigenvalue weighted by Crippen LogP contribution is -2.46. The van der Waals surface area contributed by atoms with Gasteiger partial charge in [-0.3, -0.25) is 9.59 Å². The van der Waals surface area contributed by atoms with Crippen LogP contribution in [0, 0.1) is 0 Å².